The number of ether oxygens (including phenoxy) is 1. The summed E-state index contributed by atoms with van der Waals surface area (Å²) in [6, 6.07) is 1.69. The van der Waals surface area contributed by atoms with Crippen molar-refractivity contribution in [3.05, 3.63) is 35.0 Å². The highest BCUT2D eigenvalue weighted by Gasteiger charge is 2.52. The number of nitrogens with zero attached hydrogens (tertiary/aromatic N) is 7. The molecule has 12 heteroatoms. The molecule has 4 atom stereocenters. The predicted octanol–water partition coefficient (Wildman–Crippen LogP) is 2.81. The lowest BCUT2D eigenvalue weighted by Gasteiger charge is -2.44. The third-order valence-corrected chi connectivity index (χ3v) is 7.08. The Hall–Kier alpha value is -3.83. The van der Waals surface area contributed by atoms with Crippen molar-refractivity contribution in [3.8, 4) is 17.1 Å². The number of anilines is 1. The number of aromatic hydroxyl groups is 1. The lowest BCUT2D eigenvalue weighted by molar-refractivity contribution is -0.0104. The zero-order valence-corrected chi connectivity index (χ0v) is 21.4. The highest BCUT2D eigenvalue weighted by Crippen LogP contribution is 2.40. The summed E-state index contributed by atoms with van der Waals surface area (Å²) < 4.78 is 22.5. The topological polar surface area (TPSA) is 127 Å². The van der Waals surface area contributed by atoms with Gasteiger partial charge in [0.1, 0.15) is 17.5 Å². The van der Waals surface area contributed by atoms with Gasteiger partial charge in [-0.05, 0) is 52.2 Å². The van der Waals surface area contributed by atoms with Gasteiger partial charge in [0.15, 0.2) is 11.6 Å². The zero-order chi connectivity index (χ0) is 26.6. The molecule has 196 valence electrons. The third-order valence-electron chi connectivity index (χ3n) is 7.08. The number of aromatic nitrogens is 5. The first-order chi connectivity index (χ1) is 17.4. The summed E-state index contributed by atoms with van der Waals surface area (Å²) in [5, 5.41) is 19.2. The molecule has 2 aliphatic rings. The smallest absolute Gasteiger partial charge is 0.410 e. The highest BCUT2D eigenvalue weighted by molar-refractivity contribution is 5.85. The van der Waals surface area contributed by atoms with Crippen LogP contribution in [-0.2, 0) is 11.8 Å². The Kier molecular flexibility index (Phi) is 5.99. The fraction of sp³-hybridized carbons (Fsp3) is 0.520. The van der Waals surface area contributed by atoms with Crippen molar-refractivity contribution in [1.82, 2.24) is 29.6 Å². The molecule has 2 aliphatic heterocycles. The van der Waals surface area contributed by atoms with Crippen LogP contribution in [0, 0.1) is 0 Å². The van der Waals surface area contributed by atoms with Crippen LogP contribution in [0.1, 0.15) is 40.0 Å². The van der Waals surface area contributed by atoms with Crippen molar-refractivity contribution in [3.63, 3.8) is 0 Å². The van der Waals surface area contributed by atoms with Crippen LogP contribution in [0.5, 0.6) is 5.75 Å². The van der Waals surface area contributed by atoms with Gasteiger partial charge in [-0.25, -0.2) is 19.2 Å². The molecule has 2 bridgehead atoms. The summed E-state index contributed by atoms with van der Waals surface area (Å²) in [5.74, 6) is 0.347. The van der Waals surface area contributed by atoms with Gasteiger partial charge in [0.2, 0.25) is 0 Å². The maximum absolute atomic E-state index is 15.7. The average molecular weight is 512 g/mol. The molecule has 2 fully saturated rings. The van der Waals surface area contributed by atoms with Gasteiger partial charge in [0, 0.05) is 20.1 Å². The second kappa shape index (κ2) is 8.93. The Bertz CT molecular complexity index is 1410. The molecule has 11 nitrogen and oxygen atoms in total. The number of aryl methyl sites for hydroxylation is 1. The molecule has 3 aromatic rings. The summed E-state index contributed by atoms with van der Waals surface area (Å²) >= 11 is 0. The molecule has 1 amide bonds. The molecular formula is C25H30FN7O4. The summed E-state index contributed by atoms with van der Waals surface area (Å²) in [6.45, 7) is 5.39. The van der Waals surface area contributed by atoms with E-state index < -0.39 is 29.9 Å². The SMILES string of the molecule is CN(c1cnc(-c2cc3ncn(C)c(=O)c3cc2O)nn1)[C@H]1C[C@@H]2CCC([C@H]1F)N2C(=O)OC(C)(C)C. The molecule has 0 spiro atoms. The van der Waals surface area contributed by atoms with Gasteiger partial charge in [-0.2, -0.15) is 0 Å². The van der Waals surface area contributed by atoms with Gasteiger partial charge in [0.05, 0.1) is 41.1 Å². The second-order valence-corrected chi connectivity index (χ2v) is 10.7. The van der Waals surface area contributed by atoms with Gasteiger partial charge in [-0.3, -0.25) is 9.69 Å². The van der Waals surface area contributed by atoms with E-state index in [1.54, 1.807) is 44.7 Å². The van der Waals surface area contributed by atoms with Crippen LogP contribution in [-0.4, -0.2) is 77.8 Å². The van der Waals surface area contributed by atoms with E-state index in [0.29, 0.717) is 24.2 Å². The predicted molar refractivity (Wildman–Crippen MR) is 134 cm³/mol. The first-order valence-electron chi connectivity index (χ1n) is 12.2. The van der Waals surface area contributed by atoms with E-state index in [-0.39, 0.29) is 34.1 Å². The molecular weight excluding hydrogens is 481 g/mol. The summed E-state index contributed by atoms with van der Waals surface area (Å²) in [5.41, 5.74) is -0.255. The fourth-order valence-electron chi connectivity index (χ4n) is 5.24. The van der Waals surface area contributed by atoms with Crippen molar-refractivity contribution in [1.29, 1.82) is 0 Å². The molecule has 5 rings (SSSR count). The number of carbonyl (C=O) groups excluding carboxylic acids is 1. The lowest BCUT2D eigenvalue weighted by Crippen LogP contribution is -2.59. The molecule has 2 aromatic heterocycles. The molecule has 0 aliphatic carbocycles. The minimum atomic E-state index is -1.30. The third kappa shape index (κ3) is 4.44. The van der Waals surface area contributed by atoms with E-state index >= 15 is 4.39 Å². The van der Waals surface area contributed by atoms with Crippen LogP contribution in [0.3, 0.4) is 0 Å². The van der Waals surface area contributed by atoms with Crippen LogP contribution in [0.2, 0.25) is 0 Å². The molecule has 0 saturated carbocycles. The maximum Gasteiger partial charge on any atom is 0.410 e. The van der Waals surface area contributed by atoms with E-state index in [4.69, 9.17) is 4.74 Å². The quantitative estimate of drug-likeness (QED) is 0.565. The lowest BCUT2D eigenvalue weighted by atomic mass is 9.94. The van der Waals surface area contributed by atoms with E-state index in [0.717, 1.165) is 6.42 Å². The second-order valence-electron chi connectivity index (χ2n) is 10.7. The van der Waals surface area contributed by atoms with Crippen LogP contribution >= 0.6 is 0 Å². The standard InChI is InChI=1S/C25H30FN7O4/c1-25(2,3)37-24(36)33-13-6-7-17(33)21(26)18(8-13)32(5)20-11-27-22(30-29-20)15-9-16-14(10-19(15)34)23(35)31(4)12-28-16/h9-13,17-18,21,34H,6-8H2,1-5H3/t13-,17?,18-,21+/m0/s1. The number of benzene rings is 1. The fourth-order valence-corrected chi connectivity index (χ4v) is 5.24. The number of phenols is 1. The number of piperidine rings is 1. The molecule has 37 heavy (non-hydrogen) atoms. The van der Waals surface area contributed by atoms with Crippen LogP contribution in [0.15, 0.2) is 29.5 Å². The minimum Gasteiger partial charge on any atom is -0.507 e. The zero-order valence-electron chi connectivity index (χ0n) is 21.4. The van der Waals surface area contributed by atoms with E-state index in [9.17, 15) is 14.7 Å². The first-order valence-corrected chi connectivity index (χ1v) is 12.2. The van der Waals surface area contributed by atoms with Crippen molar-refractivity contribution in [2.45, 2.75) is 69.9 Å². The maximum atomic E-state index is 15.7. The number of amides is 1. The van der Waals surface area contributed by atoms with Crippen LogP contribution in [0.25, 0.3) is 22.3 Å². The largest absolute Gasteiger partial charge is 0.507 e. The van der Waals surface area contributed by atoms with Crippen molar-refractivity contribution in [2.24, 2.45) is 7.05 Å². The van der Waals surface area contributed by atoms with Crippen molar-refractivity contribution >= 4 is 22.8 Å². The Morgan fingerprint density at radius 3 is 2.65 bits per heavy atom. The minimum absolute atomic E-state index is 0.116. The molecule has 0 radical (unpaired) electrons. The summed E-state index contributed by atoms with van der Waals surface area (Å²) in [7, 11) is 3.31. The molecule has 1 aromatic carbocycles. The molecule has 4 heterocycles. The summed E-state index contributed by atoms with van der Waals surface area (Å²) in [6.07, 6.45) is 2.83. The van der Waals surface area contributed by atoms with Gasteiger partial charge in [-0.15, -0.1) is 10.2 Å². The Balaban J connectivity index is 1.36. The Morgan fingerprint density at radius 2 is 1.97 bits per heavy atom. The highest BCUT2D eigenvalue weighted by atomic mass is 19.1. The number of carbonyl (C=O) groups is 1. The Morgan fingerprint density at radius 1 is 1.22 bits per heavy atom. The van der Waals surface area contributed by atoms with E-state index in [1.807, 2.05) is 0 Å². The number of hydrogen-bond donors (Lipinski definition) is 1. The molecule has 2 saturated heterocycles. The van der Waals surface area contributed by atoms with Crippen molar-refractivity contribution in [2.75, 3.05) is 11.9 Å². The van der Waals surface area contributed by atoms with Gasteiger partial charge >= 0.3 is 6.09 Å². The molecule has 1 unspecified atom stereocenters. The molecule has 1 N–H and O–H groups in total. The van der Waals surface area contributed by atoms with E-state index in [1.165, 1.54) is 29.2 Å². The summed E-state index contributed by atoms with van der Waals surface area (Å²) in [4.78, 5) is 36.9. The number of hydrogen-bond acceptors (Lipinski definition) is 9. The van der Waals surface area contributed by atoms with Crippen LogP contribution in [0.4, 0.5) is 15.0 Å². The van der Waals surface area contributed by atoms with Crippen LogP contribution < -0.4 is 10.5 Å². The number of halogens is 1. The average Bonchev–Trinajstić information content (AvgIpc) is 3.19. The normalized spacial score (nSPS) is 23.4. The monoisotopic (exact) mass is 511 g/mol. The number of fused-ring (bicyclic) bond motifs is 3. The van der Waals surface area contributed by atoms with Gasteiger partial charge in [-0.1, -0.05) is 0 Å². The van der Waals surface area contributed by atoms with Gasteiger partial charge in [0.25, 0.3) is 5.56 Å². The number of alkyl halides is 1. The van der Waals surface area contributed by atoms with Crippen molar-refractivity contribution < 1.29 is 19.0 Å². The van der Waals surface area contributed by atoms with E-state index in [2.05, 4.69) is 20.2 Å². The van der Waals surface area contributed by atoms with Gasteiger partial charge < -0.3 is 19.3 Å². The first kappa shape index (κ1) is 24.8. The Labute approximate surface area is 212 Å². The number of phenolic OH excluding ortho intramolecular Hbond substituents is 1. The number of rotatable bonds is 3.